The zero-order valence-corrected chi connectivity index (χ0v) is 39.9. The summed E-state index contributed by atoms with van der Waals surface area (Å²) in [7, 11) is 0. The van der Waals surface area contributed by atoms with Gasteiger partial charge in [-0.05, 0) is 151 Å². The third-order valence-electron chi connectivity index (χ3n) is 12.0. The molecule has 1 saturated carbocycles. The van der Waals surface area contributed by atoms with E-state index in [1.54, 1.807) is 101 Å². The Hall–Kier alpha value is -5.88. The first kappa shape index (κ1) is 46.6. The van der Waals surface area contributed by atoms with Gasteiger partial charge in [0.15, 0.2) is 17.6 Å². The Morgan fingerprint density at radius 3 is 2.03 bits per heavy atom. The van der Waals surface area contributed by atoms with E-state index in [-0.39, 0.29) is 24.2 Å². The SMILES string of the molecule is CC(C)(C)OC(=O)/N=C(\NC(=O)OC(C)(C)C)Oc1ccc2c3c1O[C@H]1c4[nH]c5cccc(N=C(NC(=O)OC(C)(C)C)NC(=O)OC(C)(C)C)c5c4C[C@@]4(O)[C@H](C2)N(CC2CC2)CC[C@]314. The van der Waals surface area contributed by atoms with Gasteiger partial charge >= 0.3 is 30.4 Å². The van der Waals surface area contributed by atoms with Crippen LogP contribution in [-0.4, -0.2) is 98.5 Å². The standard InChI is InChI=1S/C48H63N7O11/c1-43(2,3)63-39(56)51-37(52-40(57)64-44(4,5)6)50-29-15-13-14-28-32(29)27-23-48(60)31-22-26-18-19-30(61-38(53-41(58)65-45(7,8)9)54-42(59)66-46(10,11)12)35-33(26)47(48,36(62-35)34(27)49-28)20-21-55(31)24-25-16-17-25/h13-15,18-19,25,31,36,49,60H,16-17,20-24H2,1-12H3,(H,53,54,58,59)(H2,50,51,52,56,57)/t31-,36-,47-,48+/m0/s1. The number of fused-ring (bicyclic) bond motifs is 4. The highest BCUT2D eigenvalue weighted by Crippen LogP contribution is 2.69. The van der Waals surface area contributed by atoms with Crippen LogP contribution in [0.3, 0.4) is 0 Å². The molecule has 0 radical (unpaired) electrons. The van der Waals surface area contributed by atoms with Gasteiger partial charge in [-0.25, -0.2) is 29.5 Å². The van der Waals surface area contributed by atoms with Gasteiger partial charge in [-0.2, -0.15) is 0 Å². The van der Waals surface area contributed by atoms with E-state index in [0.717, 1.165) is 48.3 Å². The Labute approximate surface area is 384 Å². The monoisotopic (exact) mass is 913 g/mol. The highest BCUT2D eigenvalue weighted by molar-refractivity contribution is 6.05. The Morgan fingerprint density at radius 1 is 0.833 bits per heavy atom. The van der Waals surface area contributed by atoms with Crippen molar-refractivity contribution in [2.45, 2.75) is 161 Å². The fourth-order valence-electron chi connectivity index (χ4n) is 9.77. The van der Waals surface area contributed by atoms with Crippen LogP contribution in [0.4, 0.5) is 24.9 Å². The predicted molar refractivity (Wildman–Crippen MR) is 244 cm³/mol. The molecule has 18 nitrogen and oxygen atoms in total. The van der Waals surface area contributed by atoms with Crippen LogP contribution in [0.2, 0.25) is 0 Å². The van der Waals surface area contributed by atoms with Crippen molar-refractivity contribution in [1.82, 2.24) is 25.8 Å². The zero-order chi connectivity index (χ0) is 47.9. The number of benzene rings is 2. The van der Waals surface area contributed by atoms with E-state index in [9.17, 15) is 24.3 Å². The number of ether oxygens (including phenoxy) is 6. The van der Waals surface area contributed by atoms with Crippen molar-refractivity contribution in [2.24, 2.45) is 15.9 Å². The van der Waals surface area contributed by atoms with Crippen LogP contribution in [-0.2, 0) is 37.2 Å². The third-order valence-corrected chi connectivity index (χ3v) is 12.0. The van der Waals surface area contributed by atoms with E-state index in [2.05, 4.69) is 30.8 Å². The number of rotatable bonds is 4. The smallest absolute Gasteiger partial charge is 0.438 e. The van der Waals surface area contributed by atoms with Gasteiger partial charge < -0.3 is 38.5 Å². The summed E-state index contributed by atoms with van der Waals surface area (Å²) in [5, 5.41) is 22.1. The molecule has 1 aromatic heterocycles. The van der Waals surface area contributed by atoms with Crippen LogP contribution in [0, 0.1) is 5.92 Å². The number of nitrogens with one attached hydrogen (secondary N) is 4. The molecule has 2 bridgehead atoms. The van der Waals surface area contributed by atoms with Crippen molar-refractivity contribution < 1.29 is 52.7 Å². The average molecular weight is 914 g/mol. The quantitative estimate of drug-likeness (QED) is 0.0952. The molecule has 2 aromatic carbocycles. The minimum atomic E-state index is -1.38. The Kier molecular flexibility index (Phi) is 11.4. The normalized spacial score (nSPS) is 23.4. The van der Waals surface area contributed by atoms with Crippen molar-refractivity contribution in [3.63, 3.8) is 0 Å². The highest BCUT2D eigenvalue weighted by Gasteiger charge is 2.73. The molecule has 2 fully saturated rings. The van der Waals surface area contributed by atoms with Gasteiger partial charge in [-0.3, -0.25) is 15.5 Å². The number of amidine groups is 1. The molecule has 0 unspecified atom stereocenters. The molecule has 4 amide bonds. The number of aromatic amines is 1. The van der Waals surface area contributed by atoms with Crippen LogP contribution in [0.5, 0.6) is 11.5 Å². The van der Waals surface area contributed by atoms with E-state index >= 15 is 0 Å². The predicted octanol–water partition coefficient (Wildman–Crippen LogP) is 8.10. The van der Waals surface area contributed by atoms with Crippen molar-refractivity contribution >= 4 is 52.9 Å². The molecule has 18 heteroatoms. The molecule has 1 saturated heterocycles. The second-order valence-corrected chi connectivity index (χ2v) is 22.0. The molecule has 8 rings (SSSR count). The fraction of sp³-hybridized carbons (Fsp3) is 0.583. The summed E-state index contributed by atoms with van der Waals surface area (Å²) in [5.74, 6) is 0.846. The lowest BCUT2D eigenvalue weighted by atomic mass is 9.49. The zero-order valence-electron chi connectivity index (χ0n) is 39.9. The first-order chi connectivity index (χ1) is 30.6. The van der Waals surface area contributed by atoms with Gasteiger partial charge in [-0.15, -0.1) is 4.99 Å². The lowest BCUT2D eigenvalue weighted by molar-refractivity contribution is -0.173. The van der Waals surface area contributed by atoms with E-state index in [1.165, 1.54) is 0 Å². The third kappa shape index (κ3) is 9.39. The maximum Gasteiger partial charge on any atom is 0.438 e. The second kappa shape index (κ2) is 16.2. The second-order valence-electron chi connectivity index (χ2n) is 22.0. The van der Waals surface area contributed by atoms with Crippen LogP contribution >= 0.6 is 0 Å². The number of alkyl carbamates (subject to hydrolysis) is 3. The van der Waals surface area contributed by atoms with E-state index in [4.69, 9.17) is 33.4 Å². The molecule has 4 atom stereocenters. The van der Waals surface area contributed by atoms with Gasteiger partial charge in [-0.1, -0.05) is 12.1 Å². The number of likely N-dealkylation sites (tertiary alicyclic amines) is 1. The van der Waals surface area contributed by atoms with Crippen LogP contribution in [0.1, 0.15) is 131 Å². The van der Waals surface area contributed by atoms with E-state index < -0.39 is 69.9 Å². The lowest BCUT2D eigenvalue weighted by Crippen LogP contribution is -2.74. The molecule has 3 aliphatic carbocycles. The molecule has 66 heavy (non-hydrogen) atoms. The molecule has 5 N–H and O–H groups in total. The minimum absolute atomic E-state index is 0.158. The molecule has 5 aliphatic rings. The number of hydrogen-bond donors (Lipinski definition) is 5. The largest absolute Gasteiger partial charge is 0.479 e. The summed E-state index contributed by atoms with van der Waals surface area (Å²) in [4.78, 5) is 67.3. The van der Waals surface area contributed by atoms with Gasteiger partial charge in [0, 0.05) is 35.5 Å². The van der Waals surface area contributed by atoms with Gasteiger partial charge in [0.05, 0.1) is 22.4 Å². The van der Waals surface area contributed by atoms with Gasteiger partial charge in [0.2, 0.25) is 5.96 Å². The van der Waals surface area contributed by atoms with E-state index in [1.807, 2.05) is 12.1 Å². The van der Waals surface area contributed by atoms with Crippen LogP contribution in [0.25, 0.3) is 10.9 Å². The van der Waals surface area contributed by atoms with Gasteiger partial charge in [0.25, 0.3) is 0 Å². The Morgan fingerprint density at radius 2 is 1.44 bits per heavy atom. The molecule has 1 spiro atoms. The number of hydrogen-bond acceptors (Lipinski definition) is 13. The molecule has 3 aromatic rings. The summed E-state index contributed by atoms with van der Waals surface area (Å²) < 4.78 is 35.4. The number of H-pyrrole nitrogens is 1. The number of amides is 4. The van der Waals surface area contributed by atoms with E-state index in [0.29, 0.717) is 41.1 Å². The number of carbonyl (C=O) groups excluding carboxylic acids is 4. The van der Waals surface area contributed by atoms with Crippen LogP contribution in [0.15, 0.2) is 40.3 Å². The van der Waals surface area contributed by atoms with Crippen molar-refractivity contribution in [2.75, 3.05) is 13.1 Å². The number of nitrogens with zero attached hydrogens (tertiary/aromatic N) is 3. The molecular formula is C48H63N7O11. The summed E-state index contributed by atoms with van der Waals surface area (Å²) in [6.45, 7) is 22.1. The number of aromatic nitrogens is 1. The molecule has 2 aliphatic heterocycles. The summed E-state index contributed by atoms with van der Waals surface area (Å²) >= 11 is 0. The molecule has 356 valence electrons. The van der Waals surface area contributed by atoms with Gasteiger partial charge in [0.1, 0.15) is 22.4 Å². The topological polar surface area (TPSA) is 224 Å². The summed E-state index contributed by atoms with van der Waals surface area (Å²) in [5.41, 5.74) is -1.44. The number of guanidine groups is 1. The fourth-order valence-corrected chi connectivity index (χ4v) is 9.77. The number of carbonyl (C=O) groups is 4. The minimum Gasteiger partial charge on any atom is -0.479 e. The molecular weight excluding hydrogens is 851 g/mol. The Balaban J connectivity index is 1.25. The first-order valence-corrected chi connectivity index (χ1v) is 22.6. The maximum absolute atomic E-state index is 13.8. The number of piperidine rings is 1. The molecule has 3 heterocycles. The average Bonchev–Trinajstić information content (AvgIpc) is 3.77. The Bertz CT molecular complexity index is 2500. The summed E-state index contributed by atoms with van der Waals surface area (Å²) in [6.07, 6.45) is -0.754. The first-order valence-electron chi connectivity index (χ1n) is 22.6. The van der Waals surface area contributed by atoms with Crippen LogP contribution < -0.4 is 25.4 Å². The van der Waals surface area contributed by atoms with Crippen molar-refractivity contribution in [3.05, 3.63) is 52.7 Å². The number of aliphatic hydroxyl groups is 1. The highest BCUT2D eigenvalue weighted by atomic mass is 16.6. The summed E-state index contributed by atoms with van der Waals surface area (Å²) in [6, 6.07) is 8.37. The lowest BCUT2D eigenvalue weighted by Gasteiger charge is -2.62. The van der Waals surface area contributed by atoms with Crippen molar-refractivity contribution in [3.8, 4) is 11.5 Å². The number of aliphatic imine (C=N–C) groups is 2. The van der Waals surface area contributed by atoms with Crippen molar-refractivity contribution in [1.29, 1.82) is 0 Å². The maximum atomic E-state index is 13.8.